The summed E-state index contributed by atoms with van der Waals surface area (Å²) in [6.07, 6.45) is 4.15. The first kappa shape index (κ1) is 23.0. The largest absolute Gasteiger partial charge is 0.497 e. The Bertz CT molecular complexity index is 648. The summed E-state index contributed by atoms with van der Waals surface area (Å²) in [6, 6.07) is 6.62. The third kappa shape index (κ3) is 8.73. The molecule has 0 spiro atoms. The highest BCUT2D eigenvalue weighted by Crippen LogP contribution is 2.24. The van der Waals surface area contributed by atoms with Crippen molar-refractivity contribution in [1.29, 1.82) is 0 Å². The number of amides is 2. The predicted molar refractivity (Wildman–Crippen MR) is 111 cm³/mol. The van der Waals surface area contributed by atoms with E-state index in [1.54, 1.807) is 27.9 Å². The molecule has 1 atom stereocenters. The topological polar surface area (TPSA) is 85.9 Å². The van der Waals surface area contributed by atoms with Gasteiger partial charge < -0.3 is 24.8 Å². The maximum Gasteiger partial charge on any atom is 0.408 e. The molecule has 29 heavy (non-hydrogen) atoms. The number of alkyl carbamates (subject to hydrolysis) is 1. The van der Waals surface area contributed by atoms with Crippen LogP contribution in [0.2, 0.25) is 0 Å². The molecule has 0 unspecified atom stereocenters. The number of ether oxygens (including phenoxy) is 3. The third-order valence-corrected chi connectivity index (χ3v) is 4.75. The fourth-order valence-corrected chi connectivity index (χ4v) is 3.22. The number of nitrogens with one attached hydrogen (secondary N) is 2. The van der Waals surface area contributed by atoms with E-state index in [-0.39, 0.29) is 12.5 Å². The molecular formula is C22H34N2O5. The maximum absolute atomic E-state index is 12.7. The zero-order valence-electron chi connectivity index (χ0n) is 18.0. The van der Waals surface area contributed by atoms with E-state index >= 15 is 0 Å². The highest BCUT2D eigenvalue weighted by atomic mass is 16.6. The van der Waals surface area contributed by atoms with Crippen LogP contribution in [0.1, 0.15) is 52.0 Å². The van der Waals surface area contributed by atoms with Crippen molar-refractivity contribution in [3.63, 3.8) is 0 Å². The number of benzene rings is 1. The van der Waals surface area contributed by atoms with E-state index in [2.05, 4.69) is 10.6 Å². The Balaban J connectivity index is 1.89. The molecule has 2 rings (SSSR count). The first-order valence-corrected chi connectivity index (χ1v) is 10.2. The van der Waals surface area contributed by atoms with Gasteiger partial charge in [0.2, 0.25) is 5.91 Å². The Morgan fingerprint density at radius 2 is 1.79 bits per heavy atom. The predicted octanol–water partition coefficient (Wildman–Crippen LogP) is 3.41. The summed E-state index contributed by atoms with van der Waals surface area (Å²) in [5, 5.41) is 5.49. The SMILES string of the molecule is COc1ccc(CNC(=O)[C@H](COCC2CCCC2)NC(=O)OC(C)(C)C)cc1. The molecule has 0 bridgehead atoms. The van der Waals surface area contributed by atoms with E-state index in [1.165, 1.54) is 12.8 Å². The molecule has 0 aromatic heterocycles. The van der Waals surface area contributed by atoms with E-state index in [9.17, 15) is 9.59 Å². The van der Waals surface area contributed by atoms with Crippen LogP contribution in [0.3, 0.4) is 0 Å². The van der Waals surface area contributed by atoms with Crippen LogP contribution in [-0.4, -0.2) is 44.0 Å². The van der Waals surface area contributed by atoms with Crippen LogP contribution < -0.4 is 15.4 Å². The van der Waals surface area contributed by atoms with Gasteiger partial charge in [0.25, 0.3) is 0 Å². The van der Waals surface area contributed by atoms with Gasteiger partial charge in [-0.3, -0.25) is 4.79 Å². The number of carbonyl (C=O) groups excluding carboxylic acids is 2. The molecule has 0 radical (unpaired) electrons. The van der Waals surface area contributed by atoms with E-state index in [0.717, 1.165) is 24.2 Å². The highest BCUT2D eigenvalue weighted by molar-refractivity contribution is 5.85. The minimum atomic E-state index is -0.815. The van der Waals surface area contributed by atoms with Gasteiger partial charge in [0.1, 0.15) is 17.4 Å². The summed E-state index contributed by atoms with van der Waals surface area (Å²) >= 11 is 0. The molecule has 0 saturated heterocycles. The van der Waals surface area contributed by atoms with Gasteiger partial charge in [-0.15, -0.1) is 0 Å². The molecule has 7 heteroatoms. The number of rotatable bonds is 9. The summed E-state index contributed by atoms with van der Waals surface area (Å²) < 4.78 is 16.2. The summed E-state index contributed by atoms with van der Waals surface area (Å²) in [5.41, 5.74) is 0.292. The second-order valence-corrected chi connectivity index (χ2v) is 8.45. The Hall–Kier alpha value is -2.28. The van der Waals surface area contributed by atoms with Crippen LogP contribution in [0, 0.1) is 5.92 Å². The van der Waals surface area contributed by atoms with Gasteiger partial charge in [0.15, 0.2) is 0 Å². The van der Waals surface area contributed by atoms with E-state index in [4.69, 9.17) is 14.2 Å². The van der Waals surface area contributed by atoms with Crippen LogP contribution >= 0.6 is 0 Å². The van der Waals surface area contributed by atoms with Crippen molar-refractivity contribution in [3.05, 3.63) is 29.8 Å². The Labute approximate surface area is 173 Å². The third-order valence-electron chi connectivity index (χ3n) is 4.75. The number of hydrogen-bond acceptors (Lipinski definition) is 5. The fraction of sp³-hybridized carbons (Fsp3) is 0.636. The Morgan fingerprint density at radius 1 is 1.14 bits per heavy atom. The molecule has 1 aromatic rings. The fourth-order valence-electron chi connectivity index (χ4n) is 3.22. The van der Waals surface area contributed by atoms with Crippen molar-refractivity contribution in [2.45, 2.75) is 64.6 Å². The zero-order chi connectivity index (χ0) is 21.3. The number of methoxy groups -OCH3 is 1. The van der Waals surface area contributed by atoms with Gasteiger partial charge >= 0.3 is 6.09 Å². The molecular weight excluding hydrogens is 372 g/mol. The summed E-state index contributed by atoms with van der Waals surface area (Å²) in [5.74, 6) is 0.988. The lowest BCUT2D eigenvalue weighted by atomic mass is 10.1. The molecule has 1 saturated carbocycles. The summed E-state index contributed by atoms with van der Waals surface area (Å²) in [6.45, 7) is 6.41. The van der Waals surface area contributed by atoms with Gasteiger partial charge in [-0.1, -0.05) is 25.0 Å². The average molecular weight is 407 g/mol. The van der Waals surface area contributed by atoms with Gasteiger partial charge in [0, 0.05) is 13.2 Å². The molecule has 2 N–H and O–H groups in total. The second-order valence-electron chi connectivity index (χ2n) is 8.45. The average Bonchev–Trinajstić information content (AvgIpc) is 3.17. The minimum Gasteiger partial charge on any atom is -0.497 e. The molecule has 1 fully saturated rings. The standard InChI is InChI=1S/C22H34N2O5/c1-22(2,3)29-21(26)24-19(15-28-14-17-7-5-6-8-17)20(25)23-13-16-9-11-18(27-4)12-10-16/h9-12,17,19H,5-8,13-15H2,1-4H3,(H,23,25)(H,24,26)/t19-/m0/s1. The van der Waals surface area contributed by atoms with E-state index in [0.29, 0.717) is 19.1 Å². The van der Waals surface area contributed by atoms with Crippen molar-refractivity contribution in [3.8, 4) is 5.75 Å². The molecule has 7 nitrogen and oxygen atoms in total. The lowest BCUT2D eigenvalue weighted by molar-refractivity contribution is -0.125. The van der Waals surface area contributed by atoms with Crippen LogP contribution in [0.5, 0.6) is 5.75 Å². The Kier molecular flexibility index (Phi) is 8.76. The normalized spacial score (nSPS) is 15.6. The molecule has 1 aliphatic carbocycles. The second kappa shape index (κ2) is 11.0. The van der Waals surface area contributed by atoms with Crippen molar-refractivity contribution >= 4 is 12.0 Å². The van der Waals surface area contributed by atoms with Crippen LogP contribution in [0.15, 0.2) is 24.3 Å². The highest BCUT2D eigenvalue weighted by Gasteiger charge is 2.25. The quantitative estimate of drug-likeness (QED) is 0.656. The van der Waals surface area contributed by atoms with Crippen molar-refractivity contribution in [2.24, 2.45) is 5.92 Å². The molecule has 2 amide bonds. The molecule has 0 heterocycles. The lowest BCUT2D eigenvalue weighted by Gasteiger charge is -2.23. The van der Waals surface area contributed by atoms with Gasteiger partial charge in [-0.05, 0) is 57.2 Å². The van der Waals surface area contributed by atoms with Crippen molar-refractivity contribution < 1.29 is 23.8 Å². The first-order valence-electron chi connectivity index (χ1n) is 10.2. The van der Waals surface area contributed by atoms with Crippen LogP contribution in [0.4, 0.5) is 4.79 Å². The smallest absolute Gasteiger partial charge is 0.408 e. The maximum atomic E-state index is 12.7. The molecule has 0 aliphatic heterocycles. The zero-order valence-corrected chi connectivity index (χ0v) is 18.0. The Morgan fingerprint density at radius 3 is 2.38 bits per heavy atom. The number of hydrogen-bond donors (Lipinski definition) is 2. The molecule has 1 aliphatic rings. The van der Waals surface area contributed by atoms with Crippen LogP contribution in [-0.2, 0) is 20.8 Å². The first-order chi connectivity index (χ1) is 13.8. The van der Waals surface area contributed by atoms with Crippen molar-refractivity contribution in [1.82, 2.24) is 10.6 Å². The van der Waals surface area contributed by atoms with Crippen molar-refractivity contribution in [2.75, 3.05) is 20.3 Å². The lowest BCUT2D eigenvalue weighted by Crippen LogP contribution is -2.50. The number of carbonyl (C=O) groups is 2. The van der Waals surface area contributed by atoms with Gasteiger partial charge in [0.05, 0.1) is 13.7 Å². The molecule has 1 aromatic carbocycles. The monoisotopic (exact) mass is 406 g/mol. The van der Waals surface area contributed by atoms with Crippen LogP contribution in [0.25, 0.3) is 0 Å². The van der Waals surface area contributed by atoms with E-state index < -0.39 is 17.7 Å². The summed E-state index contributed by atoms with van der Waals surface area (Å²) in [7, 11) is 1.61. The van der Waals surface area contributed by atoms with Gasteiger partial charge in [-0.2, -0.15) is 0 Å². The summed E-state index contributed by atoms with van der Waals surface area (Å²) in [4.78, 5) is 24.8. The van der Waals surface area contributed by atoms with Gasteiger partial charge in [-0.25, -0.2) is 4.79 Å². The minimum absolute atomic E-state index is 0.115. The van der Waals surface area contributed by atoms with E-state index in [1.807, 2.05) is 24.3 Å². The molecule has 162 valence electrons.